The first kappa shape index (κ1) is 35.6. The van der Waals surface area contributed by atoms with Gasteiger partial charge in [0.15, 0.2) is 5.78 Å². The number of benzene rings is 1. The van der Waals surface area contributed by atoms with Gasteiger partial charge in [-0.3, -0.25) is 19.2 Å². The lowest BCUT2D eigenvalue weighted by atomic mass is 9.80. The Morgan fingerprint density at radius 1 is 1.06 bits per heavy atom. The number of para-hydroxylation sites is 1. The highest BCUT2D eigenvalue weighted by atomic mass is 16.7. The normalized spacial score (nSPS) is 22.3. The number of allylic oxidation sites excluding steroid dienone is 1. The molecule has 1 aliphatic heterocycles. The SMILES string of the molecule is CC1CCC(=O)C1(COC(=O)C(C)(C)C)N(c1ccccc1C(=O)NOC(=O)CCCCCCC(=O)O)C1CCC2=C(CNC=N2)C1. The van der Waals surface area contributed by atoms with Crippen molar-refractivity contribution in [3.05, 3.63) is 41.1 Å². The lowest BCUT2D eigenvalue weighted by Crippen LogP contribution is -2.63. The van der Waals surface area contributed by atoms with E-state index in [-0.39, 0.29) is 42.8 Å². The minimum Gasteiger partial charge on any atom is -0.481 e. The van der Waals surface area contributed by atoms with E-state index in [9.17, 15) is 24.0 Å². The summed E-state index contributed by atoms with van der Waals surface area (Å²) in [6.07, 6.45) is 7.15. The number of anilines is 1. The van der Waals surface area contributed by atoms with Crippen molar-refractivity contribution in [2.75, 3.05) is 18.1 Å². The quantitative estimate of drug-likeness (QED) is 0.152. The molecule has 1 aromatic rings. The first-order valence-corrected chi connectivity index (χ1v) is 16.6. The largest absolute Gasteiger partial charge is 0.481 e. The second-order valence-electron chi connectivity index (χ2n) is 13.8. The highest BCUT2D eigenvalue weighted by Crippen LogP contribution is 2.46. The maximum Gasteiger partial charge on any atom is 0.332 e. The zero-order valence-corrected chi connectivity index (χ0v) is 27.9. The number of aliphatic carboxylic acids is 1. The maximum absolute atomic E-state index is 14.1. The zero-order chi connectivity index (χ0) is 34.2. The molecule has 1 aromatic carbocycles. The summed E-state index contributed by atoms with van der Waals surface area (Å²) in [4.78, 5) is 75.7. The van der Waals surface area contributed by atoms with Gasteiger partial charge in [0.05, 0.1) is 23.0 Å². The summed E-state index contributed by atoms with van der Waals surface area (Å²) in [5.74, 6) is -2.74. The fourth-order valence-electron chi connectivity index (χ4n) is 6.68. The summed E-state index contributed by atoms with van der Waals surface area (Å²) >= 11 is 0. The van der Waals surface area contributed by atoms with Gasteiger partial charge in [0.25, 0.3) is 5.91 Å². The molecule has 3 atom stereocenters. The Morgan fingerprint density at radius 2 is 1.79 bits per heavy atom. The Balaban J connectivity index is 1.62. The van der Waals surface area contributed by atoms with Crippen LogP contribution in [0.25, 0.3) is 0 Å². The average molecular weight is 653 g/mol. The van der Waals surface area contributed by atoms with Gasteiger partial charge in [0.1, 0.15) is 12.1 Å². The van der Waals surface area contributed by atoms with Gasteiger partial charge < -0.3 is 24.9 Å². The van der Waals surface area contributed by atoms with E-state index in [1.165, 1.54) is 0 Å². The van der Waals surface area contributed by atoms with Gasteiger partial charge in [-0.05, 0) is 82.9 Å². The summed E-state index contributed by atoms with van der Waals surface area (Å²) in [7, 11) is 0. The Hall–Kier alpha value is -4.22. The number of carbonyl (C=O) groups is 5. The summed E-state index contributed by atoms with van der Waals surface area (Å²) < 4.78 is 5.94. The third-order valence-corrected chi connectivity index (χ3v) is 9.35. The Labute approximate surface area is 276 Å². The first-order chi connectivity index (χ1) is 22.3. The van der Waals surface area contributed by atoms with E-state index in [0.29, 0.717) is 70.0 Å². The van der Waals surface area contributed by atoms with Crippen LogP contribution >= 0.6 is 0 Å². The van der Waals surface area contributed by atoms with Crippen molar-refractivity contribution in [2.24, 2.45) is 16.3 Å². The fraction of sp³-hybridized carbons (Fsp3) is 0.600. The number of hydrogen-bond acceptors (Lipinski definition) is 10. The van der Waals surface area contributed by atoms with E-state index in [1.54, 1.807) is 51.4 Å². The van der Waals surface area contributed by atoms with Crippen molar-refractivity contribution in [1.29, 1.82) is 0 Å². The van der Waals surface area contributed by atoms with Crippen molar-refractivity contribution in [3.63, 3.8) is 0 Å². The number of nitrogens with zero attached hydrogens (tertiary/aromatic N) is 2. The molecule has 1 heterocycles. The number of rotatable bonds is 13. The van der Waals surface area contributed by atoms with Crippen molar-refractivity contribution < 1.29 is 38.7 Å². The predicted molar refractivity (Wildman–Crippen MR) is 176 cm³/mol. The van der Waals surface area contributed by atoms with E-state index < -0.39 is 34.8 Å². The molecule has 0 saturated heterocycles. The van der Waals surface area contributed by atoms with Crippen molar-refractivity contribution in [3.8, 4) is 0 Å². The summed E-state index contributed by atoms with van der Waals surface area (Å²) in [6.45, 7) is 7.79. The molecule has 2 aliphatic carbocycles. The van der Waals surface area contributed by atoms with Crippen LogP contribution in [0.2, 0.25) is 0 Å². The topological polar surface area (TPSA) is 164 Å². The minimum absolute atomic E-state index is 0.0451. The van der Waals surface area contributed by atoms with E-state index in [1.807, 2.05) is 11.8 Å². The van der Waals surface area contributed by atoms with Crippen LogP contribution in [0, 0.1) is 11.3 Å². The summed E-state index contributed by atoms with van der Waals surface area (Å²) in [5.41, 5.74) is 3.19. The molecule has 0 radical (unpaired) electrons. The molecule has 12 nitrogen and oxygen atoms in total. The van der Waals surface area contributed by atoms with Crippen LogP contribution in [-0.2, 0) is 28.8 Å². The monoisotopic (exact) mass is 652 g/mol. The molecule has 3 unspecified atom stereocenters. The Bertz CT molecular complexity index is 1410. The number of ether oxygens (including phenoxy) is 1. The zero-order valence-electron chi connectivity index (χ0n) is 27.9. The van der Waals surface area contributed by atoms with Gasteiger partial charge in [0, 0.05) is 37.5 Å². The van der Waals surface area contributed by atoms with Crippen LogP contribution in [0.3, 0.4) is 0 Å². The fourth-order valence-corrected chi connectivity index (χ4v) is 6.68. The lowest BCUT2D eigenvalue weighted by Gasteiger charge is -2.50. The molecule has 3 N–H and O–H groups in total. The molecule has 1 amide bonds. The van der Waals surface area contributed by atoms with Gasteiger partial charge >= 0.3 is 17.9 Å². The standard InChI is InChI=1S/C35H48N4O8/c1-23-15-18-29(40)35(23,21-46-33(45)34(2,3)4)39(25-16-17-27-24(19-25)20-36-22-37-27)28-12-10-9-11-26(28)32(44)38-47-31(43)14-8-6-5-7-13-30(41)42/h9-12,22-23,25H,5-8,13-21H2,1-4H3,(H,36,37)(H,38,44)(H,41,42). The maximum atomic E-state index is 14.1. The molecule has 0 spiro atoms. The molecule has 0 aromatic heterocycles. The van der Waals surface area contributed by atoms with E-state index in [2.05, 4.69) is 15.8 Å². The third-order valence-electron chi connectivity index (χ3n) is 9.35. The predicted octanol–water partition coefficient (Wildman–Crippen LogP) is 4.87. The van der Waals surface area contributed by atoms with Gasteiger partial charge in [-0.2, -0.15) is 5.48 Å². The molecule has 1 fully saturated rings. The van der Waals surface area contributed by atoms with Gasteiger partial charge in [-0.1, -0.05) is 31.9 Å². The van der Waals surface area contributed by atoms with Gasteiger partial charge in [-0.15, -0.1) is 0 Å². The number of carbonyl (C=O) groups excluding carboxylic acids is 4. The number of hydroxylamine groups is 1. The second-order valence-corrected chi connectivity index (χ2v) is 13.8. The number of hydrogen-bond donors (Lipinski definition) is 3. The van der Waals surface area contributed by atoms with Crippen LogP contribution in [-0.4, -0.2) is 65.8 Å². The summed E-state index contributed by atoms with van der Waals surface area (Å²) in [5, 5.41) is 11.9. The van der Waals surface area contributed by atoms with Crippen molar-refractivity contribution in [1.82, 2.24) is 10.8 Å². The van der Waals surface area contributed by atoms with E-state index in [4.69, 9.17) is 14.7 Å². The summed E-state index contributed by atoms with van der Waals surface area (Å²) in [6, 6.07) is 6.73. The Kier molecular flexibility index (Phi) is 11.8. The number of amides is 1. The number of esters is 1. The van der Waals surface area contributed by atoms with Gasteiger partial charge in [0.2, 0.25) is 0 Å². The van der Waals surface area contributed by atoms with Gasteiger partial charge in [-0.25, -0.2) is 9.79 Å². The van der Waals surface area contributed by atoms with E-state index in [0.717, 1.165) is 11.3 Å². The molecular formula is C35H48N4O8. The first-order valence-electron chi connectivity index (χ1n) is 16.6. The molecule has 4 rings (SSSR count). The number of carboxylic acids is 1. The number of Topliss-reactive ketones (excluding diaryl/α,β-unsaturated/α-hetero) is 1. The molecule has 47 heavy (non-hydrogen) atoms. The van der Waals surface area contributed by atoms with Crippen molar-refractivity contribution in [2.45, 2.75) is 110 Å². The molecule has 256 valence electrons. The number of aliphatic imine (C=N–C) groups is 1. The molecular weight excluding hydrogens is 604 g/mol. The highest BCUT2D eigenvalue weighted by Gasteiger charge is 2.56. The van der Waals surface area contributed by atoms with Crippen LogP contribution in [0.4, 0.5) is 5.69 Å². The van der Waals surface area contributed by atoms with E-state index >= 15 is 0 Å². The number of ketones is 1. The third kappa shape index (κ3) is 8.58. The second kappa shape index (κ2) is 15.6. The molecule has 3 aliphatic rings. The smallest absolute Gasteiger partial charge is 0.332 e. The number of carboxylic acid groups (broad SMARTS) is 1. The number of unbranched alkanes of at least 4 members (excludes halogenated alkanes) is 3. The molecule has 1 saturated carbocycles. The van der Waals surface area contributed by atoms with Crippen LogP contribution in [0.1, 0.15) is 109 Å². The molecule has 12 heteroatoms. The lowest BCUT2D eigenvalue weighted by molar-refractivity contribution is -0.156. The average Bonchev–Trinajstić information content (AvgIpc) is 3.32. The minimum atomic E-state index is -1.22. The van der Waals surface area contributed by atoms with Crippen LogP contribution in [0.5, 0.6) is 0 Å². The Morgan fingerprint density at radius 3 is 2.47 bits per heavy atom. The van der Waals surface area contributed by atoms with Crippen LogP contribution in [0.15, 0.2) is 40.5 Å². The number of nitrogens with one attached hydrogen (secondary N) is 2. The van der Waals surface area contributed by atoms with Crippen LogP contribution < -0.4 is 15.7 Å². The molecule has 0 bridgehead atoms. The highest BCUT2D eigenvalue weighted by molar-refractivity contribution is 6.02. The van der Waals surface area contributed by atoms with Crippen molar-refractivity contribution >= 4 is 41.6 Å².